The number of pyridine rings is 1. The first kappa shape index (κ1) is 13.6. The Kier molecular flexibility index (Phi) is 3.76. The summed E-state index contributed by atoms with van der Waals surface area (Å²) in [7, 11) is 0. The molecule has 0 unspecified atom stereocenters. The molecule has 0 aromatic carbocycles. The second kappa shape index (κ2) is 5.54. The van der Waals surface area contributed by atoms with Crippen LogP contribution in [0.1, 0.15) is 50.3 Å². The van der Waals surface area contributed by atoms with E-state index >= 15 is 0 Å². The summed E-state index contributed by atoms with van der Waals surface area (Å²) in [4.78, 5) is 4.65. The van der Waals surface area contributed by atoms with Gasteiger partial charge in [-0.25, -0.2) is 4.98 Å². The molecule has 3 rings (SSSR count). The molecule has 2 heterocycles. The fourth-order valence-corrected chi connectivity index (χ4v) is 2.86. The zero-order chi connectivity index (χ0) is 14.1. The predicted octanol–water partition coefficient (Wildman–Crippen LogP) is 2.46. The molecule has 0 spiro atoms. The smallest absolute Gasteiger partial charge is 0.137 e. The van der Waals surface area contributed by atoms with Crippen molar-refractivity contribution in [3.05, 3.63) is 35.8 Å². The Morgan fingerprint density at radius 2 is 2.30 bits per heavy atom. The van der Waals surface area contributed by atoms with E-state index in [1.807, 2.05) is 0 Å². The van der Waals surface area contributed by atoms with Gasteiger partial charge in [0.05, 0.1) is 11.8 Å². The Bertz CT molecular complexity index is 590. The number of nitrogens with zero attached hydrogens (tertiary/aromatic N) is 2. The lowest BCUT2D eigenvalue weighted by Crippen LogP contribution is -2.35. The third-order valence-corrected chi connectivity index (χ3v) is 4.18. The van der Waals surface area contributed by atoms with Gasteiger partial charge in [0.15, 0.2) is 0 Å². The van der Waals surface area contributed by atoms with Crippen molar-refractivity contribution in [2.75, 3.05) is 0 Å². The van der Waals surface area contributed by atoms with Crippen LogP contribution in [0, 0.1) is 0 Å². The van der Waals surface area contributed by atoms with Crippen molar-refractivity contribution in [2.45, 2.75) is 57.7 Å². The third-order valence-electron chi connectivity index (χ3n) is 4.18. The number of aromatic nitrogens is 2. The van der Waals surface area contributed by atoms with E-state index in [2.05, 4.69) is 53.1 Å². The molecule has 0 aliphatic heterocycles. The number of aliphatic hydroxyl groups excluding tert-OH is 1. The van der Waals surface area contributed by atoms with Crippen molar-refractivity contribution >= 4 is 5.65 Å². The fraction of sp³-hybridized carbons (Fsp3) is 0.562. The Morgan fingerprint density at radius 1 is 1.45 bits per heavy atom. The van der Waals surface area contributed by atoms with Crippen LogP contribution in [0.15, 0.2) is 24.5 Å². The number of hydrogen-bond donors (Lipinski definition) is 2. The molecule has 0 amide bonds. The molecule has 20 heavy (non-hydrogen) atoms. The Labute approximate surface area is 119 Å². The maximum Gasteiger partial charge on any atom is 0.137 e. The fourth-order valence-electron chi connectivity index (χ4n) is 2.86. The lowest BCUT2D eigenvalue weighted by molar-refractivity contribution is 0.148. The molecule has 1 aliphatic carbocycles. The van der Waals surface area contributed by atoms with Crippen LogP contribution < -0.4 is 5.32 Å². The number of nitrogens with one attached hydrogen (secondary N) is 1. The van der Waals surface area contributed by atoms with Gasteiger partial charge in [-0.2, -0.15) is 0 Å². The van der Waals surface area contributed by atoms with Gasteiger partial charge in [0.2, 0.25) is 0 Å². The highest BCUT2D eigenvalue weighted by Gasteiger charge is 2.24. The van der Waals surface area contributed by atoms with Gasteiger partial charge in [0.1, 0.15) is 5.65 Å². The summed E-state index contributed by atoms with van der Waals surface area (Å²) in [5.74, 6) is 0.449. The van der Waals surface area contributed by atoms with E-state index in [0.29, 0.717) is 5.92 Å². The molecule has 1 aliphatic rings. The number of fused-ring (bicyclic) bond motifs is 1. The Balaban J connectivity index is 1.72. The van der Waals surface area contributed by atoms with Crippen molar-refractivity contribution < 1.29 is 5.11 Å². The predicted molar refractivity (Wildman–Crippen MR) is 79.8 cm³/mol. The molecule has 2 aromatic heterocycles. The van der Waals surface area contributed by atoms with Gasteiger partial charge in [-0.3, -0.25) is 0 Å². The lowest BCUT2D eigenvalue weighted by Gasteiger charge is -2.16. The number of aliphatic hydroxyl groups is 1. The maximum atomic E-state index is 9.82. The van der Waals surface area contributed by atoms with Crippen LogP contribution in [0.25, 0.3) is 5.65 Å². The van der Waals surface area contributed by atoms with Crippen molar-refractivity contribution in [1.29, 1.82) is 0 Å². The highest BCUT2D eigenvalue weighted by atomic mass is 16.3. The Hall–Kier alpha value is -1.39. The third kappa shape index (κ3) is 2.72. The van der Waals surface area contributed by atoms with Crippen molar-refractivity contribution in [2.24, 2.45) is 0 Å². The number of imidazole rings is 1. The highest BCUT2D eigenvalue weighted by Crippen LogP contribution is 2.20. The van der Waals surface area contributed by atoms with Crippen LogP contribution in [-0.2, 0) is 6.54 Å². The second-order valence-corrected chi connectivity index (χ2v) is 6.11. The van der Waals surface area contributed by atoms with Gasteiger partial charge in [-0.15, -0.1) is 0 Å². The first-order valence-corrected chi connectivity index (χ1v) is 7.52. The van der Waals surface area contributed by atoms with Crippen molar-refractivity contribution in [3.8, 4) is 0 Å². The molecule has 108 valence electrons. The molecular weight excluding hydrogens is 250 g/mol. The molecule has 2 atom stereocenters. The summed E-state index contributed by atoms with van der Waals surface area (Å²) in [6.45, 7) is 5.11. The normalized spacial score (nSPS) is 23.0. The first-order chi connectivity index (χ1) is 9.63. The summed E-state index contributed by atoms with van der Waals surface area (Å²) >= 11 is 0. The molecule has 0 radical (unpaired) electrons. The lowest BCUT2D eigenvalue weighted by atomic mass is 10.2. The van der Waals surface area contributed by atoms with Crippen LogP contribution in [0.3, 0.4) is 0 Å². The molecule has 2 N–H and O–H groups in total. The van der Waals surface area contributed by atoms with E-state index in [1.54, 1.807) is 0 Å². The molecule has 0 bridgehead atoms. The minimum atomic E-state index is -0.183. The van der Waals surface area contributed by atoms with Gasteiger partial charge >= 0.3 is 0 Å². The van der Waals surface area contributed by atoms with Gasteiger partial charge < -0.3 is 14.8 Å². The molecule has 4 nitrogen and oxygen atoms in total. The van der Waals surface area contributed by atoms with Crippen molar-refractivity contribution in [3.63, 3.8) is 0 Å². The summed E-state index contributed by atoms with van der Waals surface area (Å²) in [5.41, 5.74) is 3.35. The summed E-state index contributed by atoms with van der Waals surface area (Å²) in [5, 5.41) is 13.3. The van der Waals surface area contributed by atoms with Gasteiger partial charge in [-0.1, -0.05) is 13.8 Å². The average molecular weight is 273 g/mol. The minimum Gasteiger partial charge on any atom is -0.392 e. The summed E-state index contributed by atoms with van der Waals surface area (Å²) in [6, 6.07) is 4.49. The van der Waals surface area contributed by atoms with E-state index in [0.717, 1.165) is 37.1 Å². The maximum absolute atomic E-state index is 9.82. The average Bonchev–Trinajstić information content (AvgIpc) is 3.01. The summed E-state index contributed by atoms with van der Waals surface area (Å²) < 4.78 is 2.07. The minimum absolute atomic E-state index is 0.183. The SMILES string of the molecule is CC(C)c1cn2ccc(CN[C@@H]3CCC[C@H]3O)cc2n1. The van der Waals surface area contributed by atoms with Crippen LogP contribution in [0.2, 0.25) is 0 Å². The monoisotopic (exact) mass is 273 g/mol. The molecule has 1 fully saturated rings. The van der Waals surface area contributed by atoms with E-state index in [-0.39, 0.29) is 12.1 Å². The van der Waals surface area contributed by atoms with Crippen LogP contribution in [0.4, 0.5) is 0 Å². The van der Waals surface area contributed by atoms with Crippen molar-refractivity contribution in [1.82, 2.24) is 14.7 Å². The van der Waals surface area contributed by atoms with E-state index in [9.17, 15) is 5.11 Å². The Morgan fingerprint density at radius 3 is 3.00 bits per heavy atom. The zero-order valence-corrected chi connectivity index (χ0v) is 12.2. The molecule has 4 heteroatoms. The van der Waals surface area contributed by atoms with Crippen LogP contribution in [-0.4, -0.2) is 26.6 Å². The van der Waals surface area contributed by atoms with E-state index in [4.69, 9.17) is 0 Å². The largest absolute Gasteiger partial charge is 0.392 e. The zero-order valence-electron chi connectivity index (χ0n) is 12.2. The van der Waals surface area contributed by atoms with Crippen LogP contribution >= 0.6 is 0 Å². The van der Waals surface area contributed by atoms with Gasteiger partial charge in [0.25, 0.3) is 0 Å². The summed E-state index contributed by atoms with van der Waals surface area (Å²) in [6.07, 6.45) is 7.10. The van der Waals surface area contributed by atoms with E-state index < -0.39 is 0 Å². The van der Waals surface area contributed by atoms with Gasteiger partial charge in [-0.05, 0) is 42.9 Å². The number of rotatable bonds is 4. The number of hydrogen-bond acceptors (Lipinski definition) is 3. The highest BCUT2D eigenvalue weighted by molar-refractivity contribution is 5.43. The topological polar surface area (TPSA) is 49.6 Å². The van der Waals surface area contributed by atoms with Crippen LogP contribution in [0.5, 0.6) is 0 Å². The first-order valence-electron chi connectivity index (χ1n) is 7.52. The second-order valence-electron chi connectivity index (χ2n) is 6.11. The van der Waals surface area contributed by atoms with Gasteiger partial charge in [0, 0.05) is 25.0 Å². The standard InChI is InChI=1S/C16H23N3O/c1-11(2)14-10-19-7-6-12(8-16(19)18-14)9-17-13-4-3-5-15(13)20/h6-8,10-11,13,15,17,20H,3-5,9H2,1-2H3/t13-,15-/m1/s1. The molecule has 1 saturated carbocycles. The quantitative estimate of drug-likeness (QED) is 0.899. The molecule has 0 saturated heterocycles. The molecular formula is C16H23N3O. The van der Waals surface area contributed by atoms with E-state index in [1.165, 1.54) is 5.56 Å². The molecule has 2 aromatic rings.